The molecule has 0 heterocycles. The molecule has 0 aliphatic carbocycles. The van der Waals surface area contributed by atoms with E-state index in [9.17, 15) is 9.59 Å². The van der Waals surface area contributed by atoms with Crippen LogP contribution >= 0.6 is 11.6 Å². The van der Waals surface area contributed by atoms with Crippen molar-refractivity contribution < 1.29 is 14.3 Å². The summed E-state index contributed by atoms with van der Waals surface area (Å²) in [5, 5.41) is 4.12. The molecule has 0 aromatic carbocycles. The number of urea groups is 1. The van der Waals surface area contributed by atoms with Gasteiger partial charge in [-0.3, -0.25) is 10.1 Å². The number of nitrogens with one attached hydrogen (secondary N) is 2. The van der Waals surface area contributed by atoms with Crippen LogP contribution in [0.5, 0.6) is 0 Å². The molecule has 5 nitrogen and oxygen atoms in total. The maximum absolute atomic E-state index is 11.5. The van der Waals surface area contributed by atoms with Gasteiger partial charge in [-0.05, 0) is 19.8 Å². The number of alkyl halides is 1. The highest BCUT2D eigenvalue weighted by Crippen LogP contribution is 2.02. The van der Waals surface area contributed by atoms with Gasteiger partial charge in [-0.25, -0.2) is 4.79 Å². The number of amides is 3. The summed E-state index contributed by atoms with van der Waals surface area (Å²) in [7, 11) is 0. The fourth-order valence-electron chi connectivity index (χ4n) is 1.06. The number of rotatable bonds is 6. The highest BCUT2D eigenvalue weighted by atomic mass is 35.5. The third-order valence-corrected chi connectivity index (χ3v) is 2.42. The maximum atomic E-state index is 11.5. The highest BCUT2D eigenvalue weighted by molar-refractivity contribution is 6.31. The first kappa shape index (κ1) is 16.2. The molecule has 0 aliphatic heterocycles. The Labute approximate surface area is 107 Å². The van der Waals surface area contributed by atoms with Crippen molar-refractivity contribution in [1.82, 2.24) is 10.6 Å². The minimum absolute atomic E-state index is 0.131. The fourth-order valence-corrected chi connectivity index (χ4v) is 1.12. The van der Waals surface area contributed by atoms with Crippen molar-refractivity contribution in [1.29, 1.82) is 0 Å². The number of hydrogen-bond donors (Lipinski definition) is 2. The molecule has 0 rings (SSSR count). The van der Waals surface area contributed by atoms with E-state index in [1.807, 2.05) is 20.8 Å². The largest absolute Gasteiger partial charge is 0.380 e. The van der Waals surface area contributed by atoms with E-state index in [1.165, 1.54) is 6.92 Å². The summed E-state index contributed by atoms with van der Waals surface area (Å²) < 4.78 is 5.26. The molecule has 0 aromatic heterocycles. The lowest BCUT2D eigenvalue weighted by molar-refractivity contribution is -0.119. The van der Waals surface area contributed by atoms with Gasteiger partial charge >= 0.3 is 6.03 Å². The molecule has 0 spiro atoms. The quantitative estimate of drug-likeness (QED) is 0.715. The van der Waals surface area contributed by atoms with Gasteiger partial charge < -0.3 is 10.1 Å². The summed E-state index contributed by atoms with van der Waals surface area (Å²) in [6.07, 6.45) is 0. The Morgan fingerprint density at radius 3 is 2.29 bits per heavy atom. The highest BCUT2D eigenvalue weighted by Gasteiger charge is 2.19. The average molecular weight is 265 g/mol. The Hall–Kier alpha value is -0.810. The van der Waals surface area contributed by atoms with Crippen molar-refractivity contribution in [2.75, 3.05) is 13.2 Å². The van der Waals surface area contributed by atoms with Crippen molar-refractivity contribution in [2.45, 2.75) is 39.1 Å². The molecule has 0 saturated heterocycles. The van der Waals surface area contributed by atoms with Crippen LogP contribution in [0, 0.1) is 5.92 Å². The zero-order valence-corrected chi connectivity index (χ0v) is 11.5. The van der Waals surface area contributed by atoms with Crippen molar-refractivity contribution in [3.05, 3.63) is 0 Å². The first-order valence-corrected chi connectivity index (χ1v) is 6.15. The Morgan fingerprint density at radius 2 is 1.88 bits per heavy atom. The minimum Gasteiger partial charge on any atom is -0.380 e. The van der Waals surface area contributed by atoms with E-state index < -0.39 is 17.3 Å². The average Bonchev–Trinajstić information content (AvgIpc) is 2.23. The third-order valence-electron chi connectivity index (χ3n) is 2.22. The predicted octanol–water partition coefficient (Wildman–Crippen LogP) is 1.50. The maximum Gasteiger partial charge on any atom is 0.321 e. The molecule has 6 heteroatoms. The summed E-state index contributed by atoms with van der Waals surface area (Å²) in [4.78, 5) is 22.7. The second-order valence-electron chi connectivity index (χ2n) is 4.09. The summed E-state index contributed by atoms with van der Waals surface area (Å²) in [6.45, 7) is 8.34. The molecule has 0 bridgehead atoms. The Bertz CT molecular complexity index is 257. The van der Waals surface area contributed by atoms with Gasteiger partial charge in [0.25, 0.3) is 0 Å². The van der Waals surface area contributed by atoms with Crippen LogP contribution in [0.15, 0.2) is 0 Å². The zero-order chi connectivity index (χ0) is 13.4. The molecule has 0 saturated carbocycles. The van der Waals surface area contributed by atoms with Crippen LogP contribution < -0.4 is 10.6 Å². The molecule has 17 heavy (non-hydrogen) atoms. The number of hydrogen-bond acceptors (Lipinski definition) is 3. The van der Waals surface area contributed by atoms with E-state index in [0.717, 1.165) is 0 Å². The smallest absolute Gasteiger partial charge is 0.321 e. The van der Waals surface area contributed by atoms with E-state index in [2.05, 4.69) is 10.6 Å². The number of imide groups is 1. The Balaban J connectivity index is 4.16. The van der Waals surface area contributed by atoms with Gasteiger partial charge in [0, 0.05) is 6.61 Å². The molecule has 2 atom stereocenters. The lowest BCUT2D eigenvalue weighted by Crippen LogP contribution is -2.49. The van der Waals surface area contributed by atoms with Gasteiger partial charge in [0.05, 0.1) is 12.6 Å². The monoisotopic (exact) mass is 264 g/mol. The molecule has 0 aliphatic rings. The van der Waals surface area contributed by atoms with E-state index in [-0.39, 0.29) is 12.0 Å². The number of carbonyl (C=O) groups is 2. The second kappa shape index (κ2) is 8.31. The van der Waals surface area contributed by atoms with Gasteiger partial charge in [-0.15, -0.1) is 11.6 Å². The fraction of sp³-hybridized carbons (Fsp3) is 0.818. The number of carbonyl (C=O) groups excluding carboxylic acids is 2. The lowest BCUT2D eigenvalue weighted by atomic mass is 10.1. The number of ether oxygens (including phenoxy) is 1. The summed E-state index contributed by atoms with van der Waals surface area (Å²) in [5.41, 5.74) is 0. The molecular formula is C11H21ClN2O3. The predicted molar refractivity (Wildman–Crippen MR) is 67.1 cm³/mol. The van der Waals surface area contributed by atoms with Gasteiger partial charge in [-0.2, -0.15) is 0 Å². The van der Waals surface area contributed by atoms with E-state index in [4.69, 9.17) is 16.3 Å². The minimum atomic E-state index is -0.731. The molecular weight excluding hydrogens is 244 g/mol. The summed E-state index contributed by atoms with van der Waals surface area (Å²) >= 11 is 5.54. The Kier molecular flexibility index (Phi) is 7.91. The van der Waals surface area contributed by atoms with Crippen LogP contribution in [-0.2, 0) is 9.53 Å². The normalized spacial score (nSPS) is 14.2. The molecule has 2 unspecified atom stereocenters. The summed E-state index contributed by atoms with van der Waals surface area (Å²) in [6, 6.07) is -0.672. The topological polar surface area (TPSA) is 67.4 Å². The molecule has 0 fully saturated rings. The van der Waals surface area contributed by atoms with Crippen LogP contribution in [0.4, 0.5) is 4.79 Å². The molecule has 0 aromatic rings. The van der Waals surface area contributed by atoms with Crippen LogP contribution in [0.1, 0.15) is 27.7 Å². The van der Waals surface area contributed by atoms with Crippen molar-refractivity contribution in [2.24, 2.45) is 5.92 Å². The second-order valence-corrected chi connectivity index (χ2v) is 4.74. The Morgan fingerprint density at radius 1 is 1.29 bits per heavy atom. The van der Waals surface area contributed by atoms with Gasteiger partial charge in [0.2, 0.25) is 5.91 Å². The number of halogens is 1. The third kappa shape index (κ3) is 7.18. The first-order chi connectivity index (χ1) is 7.88. The van der Waals surface area contributed by atoms with Crippen LogP contribution in [0.3, 0.4) is 0 Å². The zero-order valence-electron chi connectivity index (χ0n) is 10.7. The van der Waals surface area contributed by atoms with Gasteiger partial charge in [-0.1, -0.05) is 13.8 Å². The van der Waals surface area contributed by atoms with Crippen LogP contribution in [0.25, 0.3) is 0 Å². The molecule has 100 valence electrons. The van der Waals surface area contributed by atoms with E-state index in [1.54, 1.807) is 0 Å². The molecule has 0 radical (unpaired) electrons. The van der Waals surface area contributed by atoms with Crippen molar-refractivity contribution >= 4 is 23.5 Å². The molecule has 3 amide bonds. The van der Waals surface area contributed by atoms with Gasteiger partial charge in [0.1, 0.15) is 5.38 Å². The van der Waals surface area contributed by atoms with E-state index in [0.29, 0.717) is 13.2 Å². The van der Waals surface area contributed by atoms with Crippen LogP contribution in [0.2, 0.25) is 0 Å². The lowest BCUT2D eigenvalue weighted by Gasteiger charge is -2.22. The van der Waals surface area contributed by atoms with Crippen molar-refractivity contribution in [3.63, 3.8) is 0 Å². The first-order valence-electron chi connectivity index (χ1n) is 5.71. The van der Waals surface area contributed by atoms with Crippen molar-refractivity contribution in [3.8, 4) is 0 Å². The van der Waals surface area contributed by atoms with Gasteiger partial charge in [0.15, 0.2) is 0 Å². The SMILES string of the molecule is CCOCC(NC(=O)NC(=O)C(C)Cl)C(C)C. The standard InChI is InChI=1S/C11H21ClN2O3/c1-5-17-6-9(7(2)3)13-11(16)14-10(15)8(4)12/h7-9H,5-6H2,1-4H3,(H2,13,14,15,16). The van der Waals surface area contributed by atoms with Crippen LogP contribution in [-0.4, -0.2) is 36.6 Å². The summed E-state index contributed by atoms with van der Waals surface area (Å²) in [5.74, 6) is -0.293. The molecule has 2 N–H and O–H groups in total. The van der Waals surface area contributed by atoms with E-state index >= 15 is 0 Å².